The van der Waals surface area contributed by atoms with Crippen molar-refractivity contribution in [3.05, 3.63) is 29.6 Å². The largest absolute Gasteiger partial charge is 0.383 e. The van der Waals surface area contributed by atoms with E-state index in [-0.39, 0.29) is 5.38 Å². The summed E-state index contributed by atoms with van der Waals surface area (Å²) in [6.07, 6.45) is 1.80. The van der Waals surface area contributed by atoms with Crippen molar-refractivity contribution in [2.24, 2.45) is 0 Å². The fourth-order valence-electron chi connectivity index (χ4n) is 1.29. The van der Waals surface area contributed by atoms with E-state index in [1.165, 1.54) is 5.56 Å². The van der Waals surface area contributed by atoms with Crippen LogP contribution in [0.2, 0.25) is 0 Å². The zero-order valence-electron chi connectivity index (χ0n) is 9.16. The van der Waals surface area contributed by atoms with Crippen LogP contribution in [0.25, 0.3) is 0 Å². The summed E-state index contributed by atoms with van der Waals surface area (Å²) in [5, 5.41) is 3.27. The number of aryl methyl sites for hydroxylation is 1. The van der Waals surface area contributed by atoms with Crippen molar-refractivity contribution in [1.82, 2.24) is 10.3 Å². The maximum Gasteiger partial charge on any atom is 0.0694 e. The number of nitrogens with zero attached hydrogens (tertiary/aromatic N) is 1. The van der Waals surface area contributed by atoms with Crippen LogP contribution in [0.4, 0.5) is 0 Å². The molecule has 0 aromatic carbocycles. The lowest BCUT2D eigenvalue weighted by Crippen LogP contribution is -2.26. The van der Waals surface area contributed by atoms with Crippen LogP contribution >= 0.6 is 11.6 Å². The number of aromatic nitrogens is 1. The van der Waals surface area contributed by atoms with Crippen LogP contribution in [0, 0.1) is 6.92 Å². The Morgan fingerprint density at radius 1 is 1.60 bits per heavy atom. The first kappa shape index (κ1) is 12.4. The molecule has 1 aromatic rings. The molecule has 0 amide bonds. The third-order valence-electron chi connectivity index (χ3n) is 2.12. The molecule has 0 bridgehead atoms. The van der Waals surface area contributed by atoms with Crippen molar-refractivity contribution < 1.29 is 4.74 Å². The molecule has 0 aliphatic heterocycles. The highest BCUT2D eigenvalue weighted by atomic mass is 35.5. The average Bonchev–Trinajstić information content (AvgIpc) is 2.21. The summed E-state index contributed by atoms with van der Waals surface area (Å²) >= 11 is 5.98. The van der Waals surface area contributed by atoms with Gasteiger partial charge in [0.05, 0.1) is 17.7 Å². The van der Waals surface area contributed by atoms with Crippen LogP contribution < -0.4 is 5.32 Å². The number of hydrogen-bond acceptors (Lipinski definition) is 3. The molecule has 1 rings (SSSR count). The van der Waals surface area contributed by atoms with Gasteiger partial charge in [-0.25, -0.2) is 0 Å². The van der Waals surface area contributed by atoms with Gasteiger partial charge in [0.2, 0.25) is 0 Å². The van der Waals surface area contributed by atoms with E-state index >= 15 is 0 Å². The monoisotopic (exact) mass is 228 g/mol. The molecule has 1 heterocycles. The highest BCUT2D eigenvalue weighted by Gasteiger charge is 2.04. The minimum Gasteiger partial charge on any atom is -0.383 e. The Morgan fingerprint density at radius 3 is 3.07 bits per heavy atom. The van der Waals surface area contributed by atoms with Gasteiger partial charge in [0.25, 0.3) is 0 Å². The Hall–Kier alpha value is -0.640. The van der Waals surface area contributed by atoms with Gasteiger partial charge in [-0.15, -0.1) is 11.6 Å². The fraction of sp³-hybridized carbons (Fsp3) is 0.545. The molecule has 1 N–H and O–H groups in total. The number of rotatable bonds is 6. The van der Waals surface area contributed by atoms with E-state index in [0.29, 0.717) is 6.61 Å². The molecule has 84 valence electrons. The number of hydrogen-bond donors (Lipinski definition) is 1. The standard InChI is InChI=1S/C11H17ClN2O/c1-9-4-3-5-14-11(9)7-13-6-10(12)8-15-2/h3-5,10,13H,6-8H2,1-2H3. The zero-order valence-corrected chi connectivity index (χ0v) is 9.92. The maximum absolute atomic E-state index is 5.98. The van der Waals surface area contributed by atoms with Gasteiger partial charge < -0.3 is 10.1 Å². The summed E-state index contributed by atoms with van der Waals surface area (Å²) in [7, 11) is 1.65. The third-order valence-corrected chi connectivity index (χ3v) is 2.40. The van der Waals surface area contributed by atoms with Crippen molar-refractivity contribution in [2.45, 2.75) is 18.8 Å². The van der Waals surface area contributed by atoms with Gasteiger partial charge in [-0.2, -0.15) is 0 Å². The van der Waals surface area contributed by atoms with E-state index in [0.717, 1.165) is 18.8 Å². The minimum absolute atomic E-state index is 0.0130. The van der Waals surface area contributed by atoms with E-state index in [4.69, 9.17) is 16.3 Å². The Balaban J connectivity index is 2.29. The third kappa shape index (κ3) is 4.60. The van der Waals surface area contributed by atoms with Crippen LogP contribution in [-0.2, 0) is 11.3 Å². The molecule has 15 heavy (non-hydrogen) atoms. The normalized spacial score (nSPS) is 12.7. The molecule has 0 fully saturated rings. The topological polar surface area (TPSA) is 34.1 Å². The van der Waals surface area contributed by atoms with Gasteiger partial charge in [0.1, 0.15) is 0 Å². The van der Waals surface area contributed by atoms with E-state index in [9.17, 15) is 0 Å². The molecular formula is C11H17ClN2O. The summed E-state index contributed by atoms with van der Waals surface area (Å²) in [5.74, 6) is 0. The van der Waals surface area contributed by atoms with Crippen molar-refractivity contribution in [3.8, 4) is 0 Å². The molecule has 1 atom stereocenters. The van der Waals surface area contributed by atoms with E-state index in [1.807, 2.05) is 6.07 Å². The quantitative estimate of drug-likeness (QED) is 0.754. The summed E-state index contributed by atoms with van der Waals surface area (Å²) in [5.41, 5.74) is 2.27. The van der Waals surface area contributed by atoms with E-state index in [2.05, 4.69) is 23.3 Å². The lowest BCUT2D eigenvalue weighted by Gasteiger charge is -2.10. The molecule has 4 heteroatoms. The number of pyridine rings is 1. The first-order valence-electron chi connectivity index (χ1n) is 4.98. The average molecular weight is 229 g/mol. The summed E-state index contributed by atoms with van der Waals surface area (Å²) < 4.78 is 4.94. The van der Waals surface area contributed by atoms with Gasteiger partial charge in [0.15, 0.2) is 0 Å². The van der Waals surface area contributed by atoms with Crippen molar-refractivity contribution in [3.63, 3.8) is 0 Å². The molecule has 0 aliphatic rings. The van der Waals surface area contributed by atoms with Gasteiger partial charge >= 0.3 is 0 Å². The molecule has 1 aromatic heterocycles. The second-order valence-corrected chi connectivity index (χ2v) is 4.07. The van der Waals surface area contributed by atoms with E-state index < -0.39 is 0 Å². The van der Waals surface area contributed by atoms with Crippen LogP contribution in [0.1, 0.15) is 11.3 Å². The lowest BCUT2D eigenvalue weighted by atomic mass is 10.2. The Bertz CT molecular complexity index is 294. The van der Waals surface area contributed by atoms with Gasteiger partial charge in [-0.3, -0.25) is 4.98 Å². The molecule has 1 unspecified atom stereocenters. The van der Waals surface area contributed by atoms with E-state index in [1.54, 1.807) is 13.3 Å². The minimum atomic E-state index is 0.0130. The highest BCUT2D eigenvalue weighted by Crippen LogP contribution is 2.02. The van der Waals surface area contributed by atoms with Crippen LogP contribution in [0.3, 0.4) is 0 Å². The first-order chi connectivity index (χ1) is 7.24. The number of nitrogens with one attached hydrogen (secondary N) is 1. The van der Waals surface area contributed by atoms with Gasteiger partial charge in [-0.05, 0) is 18.6 Å². The number of methoxy groups -OCH3 is 1. The fourth-order valence-corrected chi connectivity index (χ4v) is 1.53. The second-order valence-electron chi connectivity index (χ2n) is 3.45. The zero-order chi connectivity index (χ0) is 11.1. The smallest absolute Gasteiger partial charge is 0.0694 e. The Morgan fingerprint density at radius 2 is 2.40 bits per heavy atom. The highest BCUT2D eigenvalue weighted by molar-refractivity contribution is 6.20. The lowest BCUT2D eigenvalue weighted by molar-refractivity contribution is 0.197. The van der Waals surface area contributed by atoms with Crippen LogP contribution in [0.15, 0.2) is 18.3 Å². The number of alkyl halides is 1. The second kappa shape index (κ2) is 6.77. The Labute approximate surface area is 95.8 Å². The summed E-state index contributed by atoms with van der Waals surface area (Å²) in [6.45, 7) is 4.10. The molecule has 0 radical (unpaired) electrons. The number of halogens is 1. The summed E-state index contributed by atoms with van der Waals surface area (Å²) in [4.78, 5) is 4.28. The molecule has 0 spiro atoms. The predicted molar refractivity (Wildman–Crippen MR) is 62.2 cm³/mol. The summed E-state index contributed by atoms with van der Waals surface area (Å²) in [6, 6.07) is 3.99. The molecule has 0 saturated heterocycles. The maximum atomic E-state index is 5.98. The van der Waals surface area contributed by atoms with Crippen molar-refractivity contribution in [1.29, 1.82) is 0 Å². The van der Waals surface area contributed by atoms with Gasteiger partial charge in [-0.1, -0.05) is 6.07 Å². The predicted octanol–water partition coefficient (Wildman–Crippen LogP) is 1.73. The molecule has 0 saturated carbocycles. The molecule has 3 nitrogen and oxygen atoms in total. The van der Waals surface area contributed by atoms with Crippen LogP contribution in [-0.4, -0.2) is 30.6 Å². The first-order valence-corrected chi connectivity index (χ1v) is 5.42. The van der Waals surface area contributed by atoms with Crippen molar-refractivity contribution >= 4 is 11.6 Å². The Kier molecular flexibility index (Phi) is 5.61. The SMILES string of the molecule is COCC(Cl)CNCc1ncccc1C. The number of ether oxygens (including phenoxy) is 1. The van der Waals surface area contributed by atoms with Crippen LogP contribution in [0.5, 0.6) is 0 Å². The molecular weight excluding hydrogens is 212 g/mol. The van der Waals surface area contributed by atoms with Gasteiger partial charge in [0, 0.05) is 26.4 Å². The molecule has 0 aliphatic carbocycles. The van der Waals surface area contributed by atoms with Crippen molar-refractivity contribution in [2.75, 3.05) is 20.3 Å².